The van der Waals surface area contributed by atoms with Crippen LogP contribution in [0.5, 0.6) is 0 Å². The van der Waals surface area contributed by atoms with Crippen molar-refractivity contribution in [3.8, 4) is 0 Å². The zero-order valence-electron chi connectivity index (χ0n) is 12.2. The molecule has 2 aliphatic rings. The summed E-state index contributed by atoms with van der Waals surface area (Å²) in [5.74, 6) is -0.0624. The van der Waals surface area contributed by atoms with E-state index in [1.807, 2.05) is 0 Å². The topological polar surface area (TPSA) is 96.1 Å². The van der Waals surface area contributed by atoms with E-state index < -0.39 is 17.8 Å². The van der Waals surface area contributed by atoms with Gasteiger partial charge in [0.25, 0.3) is 0 Å². The lowest BCUT2D eigenvalue weighted by molar-refractivity contribution is -0.131. The Morgan fingerprint density at radius 3 is 2.50 bits per heavy atom. The smallest absolute Gasteiger partial charge is 0.410 e. The summed E-state index contributed by atoms with van der Waals surface area (Å²) in [7, 11) is 0. The number of likely N-dealkylation sites (tertiary alicyclic amines) is 2. The van der Waals surface area contributed by atoms with Crippen LogP contribution in [0.25, 0.3) is 0 Å². The second-order valence-corrected chi connectivity index (χ2v) is 6.53. The van der Waals surface area contributed by atoms with Gasteiger partial charge in [0.05, 0.1) is 18.7 Å². The molecule has 2 amide bonds. The van der Waals surface area contributed by atoms with Crippen LogP contribution in [0.4, 0.5) is 4.79 Å². The van der Waals surface area contributed by atoms with E-state index in [4.69, 9.17) is 10.5 Å². The third kappa shape index (κ3) is 3.21. The number of rotatable bonds is 1. The van der Waals surface area contributed by atoms with Crippen LogP contribution < -0.4 is 5.73 Å². The molecule has 0 aromatic rings. The molecule has 3 N–H and O–H groups in total. The molecule has 7 nitrogen and oxygen atoms in total. The fourth-order valence-electron chi connectivity index (χ4n) is 2.63. The molecule has 0 bridgehead atoms. The molecule has 3 atom stereocenters. The minimum absolute atomic E-state index is 0.0624. The Kier molecular flexibility index (Phi) is 3.93. The van der Waals surface area contributed by atoms with Gasteiger partial charge < -0.3 is 25.4 Å². The van der Waals surface area contributed by atoms with Crippen molar-refractivity contribution in [2.24, 2.45) is 5.73 Å². The van der Waals surface area contributed by atoms with Crippen molar-refractivity contribution in [3.63, 3.8) is 0 Å². The number of carbonyl (C=O) groups excluding carboxylic acids is 2. The first-order valence-electron chi connectivity index (χ1n) is 6.88. The molecule has 2 heterocycles. The fourth-order valence-corrected chi connectivity index (χ4v) is 2.63. The minimum atomic E-state index is -0.753. The average molecular weight is 285 g/mol. The Labute approximate surface area is 118 Å². The van der Waals surface area contributed by atoms with Gasteiger partial charge in [-0.3, -0.25) is 4.79 Å². The summed E-state index contributed by atoms with van der Waals surface area (Å²) in [5.41, 5.74) is 5.18. The van der Waals surface area contributed by atoms with Crippen LogP contribution in [-0.4, -0.2) is 70.3 Å². The highest BCUT2D eigenvalue weighted by Crippen LogP contribution is 2.23. The number of β-amino-alcohol motifs (C(OH)–C–C–N with tert-alkyl or cyclic N) is 1. The standard InChI is InChI=1S/C13H23N3O4/c1-13(2,3)20-12(19)15-6-9(10(17)7-15)16-5-8(14)4-11(16)18/h8-10,17H,4-7,14H2,1-3H3. The van der Waals surface area contributed by atoms with Crippen LogP contribution in [0.3, 0.4) is 0 Å². The fraction of sp³-hybridized carbons (Fsp3) is 0.846. The summed E-state index contributed by atoms with van der Waals surface area (Å²) < 4.78 is 5.28. The Morgan fingerprint density at radius 1 is 1.35 bits per heavy atom. The number of nitrogens with two attached hydrogens (primary N) is 1. The van der Waals surface area contributed by atoms with Gasteiger partial charge in [-0.15, -0.1) is 0 Å². The molecule has 114 valence electrons. The average Bonchev–Trinajstić information content (AvgIpc) is 2.79. The predicted molar refractivity (Wildman–Crippen MR) is 71.9 cm³/mol. The van der Waals surface area contributed by atoms with Crippen molar-refractivity contribution >= 4 is 12.0 Å². The van der Waals surface area contributed by atoms with Gasteiger partial charge in [0, 0.05) is 25.6 Å². The largest absolute Gasteiger partial charge is 0.444 e. The molecule has 7 heteroatoms. The molecule has 0 aromatic heterocycles. The second kappa shape index (κ2) is 5.21. The highest BCUT2D eigenvalue weighted by atomic mass is 16.6. The molecular weight excluding hydrogens is 262 g/mol. The maximum absolute atomic E-state index is 12.0. The van der Waals surface area contributed by atoms with Crippen molar-refractivity contribution in [3.05, 3.63) is 0 Å². The zero-order valence-corrected chi connectivity index (χ0v) is 12.2. The summed E-state index contributed by atoms with van der Waals surface area (Å²) >= 11 is 0. The molecule has 2 fully saturated rings. The van der Waals surface area contributed by atoms with E-state index >= 15 is 0 Å². The van der Waals surface area contributed by atoms with E-state index in [9.17, 15) is 14.7 Å². The van der Waals surface area contributed by atoms with Crippen LogP contribution >= 0.6 is 0 Å². The van der Waals surface area contributed by atoms with Crippen molar-refractivity contribution in [1.29, 1.82) is 0 Å². The van der Waals surface area contributed by atoms with Crippen LogP contribution in [0.2, 0.25) is 0 Å². The number of aliphatic hydroxyl groups is 1. The maximum Gasteiger partial charge on any atom is 0.410 e. The monoisotopic (exact) mass is 285 g/mol. The van der Waals surface area contributed by atoms with Crippen LogP contribution in [0.15, 0.2) is 0 Å². The quantitative estimate of drug-likeness (QED) is 0.679. The first kappa shape index (κ1) is 15.1. The van der Waals surface area contributed by atoms with Crippen LogP contribution in [0.1, 0.15) is 27.2 Å². The molecule has 2 saturated heterocycles. The highest BCUT2D eigenvalue weighted by molar-refractivity contribution is 5.80. The summed E-state index contributed by atoms with van der Waals surface area (Å²) in [6.07, 6.45) is -0.915. The summed E-state index contributed by atoms with van der Waals surface area (Å²) in [6, 6.07) is -0.575. The van der Waals surface area contributed by atoms with Gasteiger partial charge in [0.1, 0.15) is 5.60 Å². The predicted octanol–water partition coefficient (Wildman–Crippen LogP) is -0.474. The van der Waals surface area contributed by atoms with E-state index in [-0.39, 0.29) is 31.1 Å². The lowest BCUT2D eigenvalue weighted by Gasteiger charge is -2.27. The molecule has 3 unspecified atom stereocenters. The minimum Gasteiger partial charge on any atom is -0.444 e. The molecular formula is C13H23N3O4. The third-order valence-electron chi connectivity index (χ3n) is 3.50. The third-order valence-corrected chi connectivity index (χ3v) is 3.50. The Balaban J connectivity index is 1.99. The van der Waals surface area contributed by atoms with Gasteiger partial charge in [-0.1, -0.05) is 0 Å². The molecule has 0 aromatic carbocycles. The normalized spacial score (nSPS) is 31.1. The second-order valence-electron chi connectivity index (χ2n) is 6.53. The summed E-state index contributed by atoms with van der Waals surface area (Å²) in [4.78, 5) is 26.8. The van der Waals surface area contributed by atoms with Crippen molar-refractivity contribution in [2.75, 3.05) is 19.6 Å². The number of amides is 2. The number of hydrogen-bond acceptors (Lipinski definition) is 5. The summed E-state index contributed by atoms with van der Waals surface area (Å²) in [6.45, 7) is 6.27. The Morgan fingerprint density at radius 2 is 2.00 bits per heavy atom. The molecule has 0 aliphatic carbocycles. The zero-order chi connectivity index (χ0) is 15.1. The van der Waals surface area contributed by atoms with E-state index in [1.165, 1.54) is 4.90 Å². The molecule has 20 heavy (non-hydrogen) atoms. The van der Waals surface area contributed by atoms with E-state index in [0.717, 1.165) is 0 Å². The highest BCUT2D eigenvalue weighted by Gasteiger charge is 2.43. The van der Waals surface area contributed by atoms with Crippen molar-refractivity contribution in [1.82, 2.24) is 9.80 Å². The van der Waals surface area contributed by atoms with Gasteiger partial charge in [-0.25, -0.2) is 4.79 Å². The van der Waals surface area contributed by atoms with Crippen LogP contribution in [-0.2, 0) is 9.53 Å². The van der Waals surface area contributed by atoms with E-state index in [0.29, 0.717) is 13.0 Å². The molecule has 0 saturated carbocycles. The number of nitrogens with zero attached hydrogens (tertiary/aromatic N) is 2. The molecule has 0 radical (unpaired) electrons. The van der Waals surface area contributed by atoms with E-state index in [1.54, 1.807) is 25.7 Å². The Bertz CT molecular complexity index is 407. The number of ether oxygens (including phenoxy) is 1. The molecule has 2 rings (SSSR count). The van der Waals surface area contributed by atoms with Gasteiger partial charge in [-0.05, 0) is 20.8 Å². The SMILES string of the molecule is CC(C)(C)OC(=O)N1CC(O)C(N2CC(N)CC2=O)C1. The van der Waals surface area contributed by atoms with Gasteiger partial charge in [0.2, 0.25) is 5.91 Å². The van der Waals surface area contributed by atoms with E-state index in [2.05, 4.69) is 0 Å². The van der Waals surface area contributed by atoms with Gasteiger partial charge in [0.15, 0.2) is 0 Å². The lowest BCUT2D eigenvalue weighted by Crippen LogP contribution is -2.45. The first-order chi connectivity index (χ1) is 9.17. The summed E-state index contributed by atoms with van der Waals surface area (Å²) in [5, 5.41) is 10.1. The first-order valence-corrected chi connectivity index (χ1v) is 6.88. The maximum atomic E-state index is 12.0. The van der Waals surface area contributed by atoms with Crippen LogP contribution in [0, 0.1) is 0 Å². The molecule has 0 spiro atoms. The number of aliphatic hydroxyl groups excluding tert-OH is 1. The van der Waals surface area contributed by atoms with Crippen molar-refractivity contribution < 1.29 is 19.4 Å². The lowest BCUT2D eigenvalue weighted by atomic mass is 10.2. The number of carbonyl (C=O) groups is 2. The van der Waals surface area contributed by atoms with Gasteiger partial charge in [-0.2, -0.15) is 0 Å². The number of hydrogen-bond donors (Lipinski definition) is 2. The molecule has 2 aliphatic heterocycles. The van der Waals surface area contributed by atoms with Gasteiger partial charge >= 0.3 is 6.09 Å². The van der Waals surface area contributed by atoms with Crippen molar-refractivity contribution in [2.45, 2.75) is 51.0 Å². The Hall–Kier alpha value is -1.34.